The fourth-order valence-electron chi connectivity index (χ4n) is 3.20. The molecule has 0 amide bonds. The van der Waals surface area contributed by atoms with Crippen LogP contribution in [0, 0.1) is 0 Å². The molecule has 5 aromatic rings. The molecule has 2 N–H and O–H groups in total. The maximum Gasteiger partial charge on any atom is 0.232 e. The van der Waals surface area contributed by atoms with E-state index in [2.05, 4.69) is 15.3 Å². The van der Waals surface area contributed by atoms with E-state index >= 15 is 0 Å². The lowest BCUT2D eigenvalue weighted by atomic mass is 10.0. The first-order valence-electron chi connectivity index (χ1n) is 8.72. The number of hydrogen-bond donors (Lipinski definition) is 2. The fraction of sp³-hybridized carbons (Fsp3) is 0. The third-order valence-corrected chi connectivity index (χ3v) is 4.40. The Labute approximate surface area is 160 Å². The number of aromatic nitrogens is 2. The summed E-state index contributed by atoms with van der Waals surface area (Å²) < 4.78 is 11.8. The zero-order chi connectivity index (χ0) is 18.9. The maximum atomic E-state index is 9.76. The van der Waals surface area contributed by atoms with Crippen LogP contribution in [-0.4, -0.2) is 15.1 Å². The van der Waals surface area contributed by atoms with Gasteiger partial charge in [-0.3, -0.25) is 0 Å². The summed E-state index contributed by atoms with van der Waals surface area (Å²) in [5.41, 5.74) is 2.83. The number of anilines is 2. The molecule has 0 unspecified atom stereocenters. The van der Waals surface area contributed by atoms with Crippen molar-refractivity contribution in [2.24, 2.45) is 0 Å². The largest absolute Gasteiger partial charge is 0.508 e. The zero-order valence-corrected chi connectivity index (χ0v) is 14.7. The van der Waals surface area contributed by atoms with Crippen molar-refractivity contribution in [3.8, 4) is 28.4 Å². The molecule has 0 bridgehead atoms. The van der Waals surface area contributed by atoms with Crippen LogP contribution in [0.4, 0.5) is 11.5 Å². The number of aromatic hydroxyl groups is 1. The first kappa shape index (κ1) is 16.1. The van der Waals surface area contributed by atoms with Crippen LogP contribution in [0.2, 0.25) is 0 Å². The van der Waals surface area contributed by atoms with Crippen molar-refractivity contribution in [1.82, 2.24) is 9.97 Å². The topological polar surface area (TPSA) is 84.3 Å². The molecule has 0 radical (unpaired) electrons. The molecule has 2 aromatic carbocycles. The van der Waals surface area contributed by atoms with Crippen LogP contribution in [0.1, 0.15) is 0 Å². The Morgan fingerprint density at radius 1 is 0.893 bits per heavy atom. The van der Waals surface area contributed by atoms with Crippen molar-refractivity contribution < 1.29 is 13.9 Å². The molecule has 0 aliphatic rings. The third kappa shape index (κ3) is 2.77. The van der Waals surface area contributed by atoms with Gasteiger partial charge in [0, 0.05) is 17.3 Å². The number of furan rings is 2. The molecular weight excluding hydrogens is 354 g/mol. The van der Waals surface area contributed by atoms with Gasteiger partial charge in [0.1, 0.15) is 29.4 Å². The lowest BCUT2D eigenvalue weighted by Gasteiger charge is -2.07. The van der Waals surface area contributed by atoms with Gasteiger partial charge in [0.15, 0.2) is 0 Å². The van der Waals surface area contributed by atoms with Crippen molar-refractivity contribution in [2.45, 2.75) is 0 Å². The Kier molecular flexibility index (Phi) is 3.80. The number of hydrogen-bond acceptors (Lipinski definition) is 6. The van der Waals surface area contributed by atoms with E-state index in [4.69, 9.17) is 8.83 Å². The van der Waals surface area contributed by atoms with Gasteiger partial charge in [0.25, 0.3) is 0 Å². The van der Waals surface area contributed by atoms with Crippen molar-refractivity contribution in [1.29, 1.82) is 0 Å². The van der Waals surface area contributed by atoms with Crippen LogP contribution in [0.5, 0.6) is 5.75 Å². The Morgan fingerprint density at radius 2 is 1.79 bits per heavy atom. The minimum Gasteiger partial charge on any atom is -0.508 e. The van der Waals surface area contributed by atoms with Crippen LogP contribution in [-0.2, 0) is 0 Å². The Bertz CT molecular complexity index is 1250. The molecule has 6 heteroatoms. The third-order valence-electron chi connectivity index (χ3n) is 4.40. The minimum atomic E-state index is 0.165. The summed E-state index contributed by atoms with van der Waals surface area (Å²) in [6, 6.07) is 20.3. The lowest BCUT2D eigenvalue weighted by molar-refractivity contribution is 0.475. The number of fused-ring (bicyclic) bond motifs is 1. The van der Waals surface area contributed by atoms with Crippen molar-refractivity contribution >= 4 is 22.6 Å². The van der Waals surface area contributed by atoms with Crippen molar-refractivity contribution in [3.63, 3.8) is 0 Å². The second kappa shape index (κ2) is 6.59. The molecule has 0 spiro atoms. The predicted molar refractivity (Wildman–Crippen MR) is 106 cm³/mol. The standard InChI is InChI=1S/C22H15N3O3/c26-16-9-4-8-15(12-16)25-21-19-18(17-10-5-11-27-17)20(14-6-2-1-3-7-14)28-22(19)24-13-23-21/h1-13,26H,(H,23,24,25). The molecule has 136 valence electrons. The average Bonchev–Trinajstić information content (AvgIpc) is 3.36. The van der Waals surface area contributed by atoms with E-state index in [-0.39, 0.29) is 5.75 Å². The minimum absolute atomic E-state index is 0.165. The summed E-state index contributed by atoms with van der Waals surface area (Å²) in [4.78, 5) is 8.71. The molecule has 0 saturated heterocycles. The average molecular weight is 369 g/mol. The van der Waals surface area contributed by atoms with E-state index in [1.54, 1.807) is 24.5 Å². The van der Waals surface area contributed by atoms with Gasteiger partial charge in [-0.05, 0) is 24.3 Å². The van der Waals surface area contributed by atoms with Crippen molar-refractivity contribution in [3.05, 3.63) is 79.3 Å². The molecule has 0 aliphatic heterocycles. The van der Waals surface area contributed by atoms with Gasteiger partial charge in [-0.1, -0.05) is 36.4 Å². The van der Waals surface area contributed by atoms with Gasteiger partial charge in [-0.15, -0.1) is 0 Å². The van der Waals surface area contributed by atoms with Gasteiger partial charge in [0.05, 0.1) is 17.2 Å². The molecule has 28 heavy (non-hydrogen) atoms. The van der Waals surface area contributed by atoms with E-state index < -0.39 is 0 Å². The van der Waals surface area contributed by atoms with E-state index in [1.807, 2.05) is 48.5 Å². The van der Waals surface area contributed by atoms with Gasteiger partial charge in [0.2, 0.25) is 5.71 Å². The summed E-state index contributed by atoms with van der Waals surface area (Å²) in [5.74, 6) is 2.04. The first-order valence-corrected chi connectivity index (χ1v) is 8.72. The summed E-state index contributed by atoms with van der Waals surface area (Å²) in [5, 5.41) is 13.7. The van der Waals surface area contributed by atoms with E-state index in [1.165, 1.54) is 6.33 Å². The Morgan fingerprint density at radius 3 is 2.57 bits per heavy atom. The first-order chi connectivity index (χ1) is 13.8. The van der Waals surface area contributed by atoms with Gasteiger partial charge >= 0.3 is 0 Å². The normalized spacial score (nSPS) is 11.0. The summed E-state index contributed by atoms with van der Waals surface area (Å²) in [6.07, 6.45) is 3.06. The van der Waals surface area contributed by atoms with Crippen LogP contribution in [0.15, 0.2) is 88.2 Å². The molecule has 3 aromatic heterocycles. The lowest BCUT2D eigenvalue weighted by Crippen LogP contribution is -1.95. The number of rotatable bonds is 4. The number of nitrogens with zero attached hydrogens (tertiary/aromatic N) is 2. The van der Waals surface area contributed by atoms with Gasteiger partial charge in [-0.25, -0.2) is 9.97 Å². The maximum absolute atomic E-state index is 9.76. The molecule has 0 saturated carbocycles. The monoisotopic (exact) mass is 369 g/mol. The highest BCUT2D eigenvalue weighted by Gasteiger charge is 2.23. The number of nitrogens with one attached hydrogen (secondary N) is 1. The molecule has 6 nitrogen and oxygen atoms in total. The van der Waals surface area contributed by atoms with Crippen molar-refractivity contribution in [2.75, 3.05) is 5.32 Å². The van der Waals surface area contributed by atoms with Crippen LogP contribution < -0.4 is 5.32 Å². The summed E-state index contributed by atoms with van der Waals surface area (Å²) in [6.45, 7) is 0. The number of benzene rings is 2. The molecular formula is C22H15N3O3. The van der Waals surface area contributed by atoms with E-state index in [0.717, 1.165) is 11.1 Å². The molecule has 5 rings (SSSR count). The number of phenolic OH excluding ortho intramolecular Hbond substituents is 1. The molecule has 0 atom stereocenters. The predicted octanol–water partition coefficient (Wildman–Crippen LogP) is 5.60. The quantitative estimate of drug-likeness (QED) is 0.429. The Hall–Kier alpha value is -4.06. The van der Waals surface area contributed by atoms with Gasteiger partial charge < -0.3 is 19.3 Å². The number of phenols is 1. The summed E-state index contributed by atoms with van der Waals surface area (Å²) >= 11 is 0. The highest BCUT2D eigenvalue weighted by molar-refractivity contribution is 6.05. The van der Waals surface area contributed by atoms with Crippen LogP contribution >= 0.6 is 0 Å². The fourth-order valence-corrected chi connectivity index (χ4v) is 3.20. The van der Waals surface area contributed by atoms with Gasteiger partial charge in [-0.2, -0.15) is 0 Å². The van der Waals surface area contributed by atoms with Crippen LogP contribution in [0.3, 0.4) is 0 Å². The Balaban J connectivity index is 1.76. The summed E-state index contributed by atoms with van der Waals surface area (Å²) in [7, 11) is 0. The highest BCUT2D eigenvalue weighted by Crippen LogP contribution is 2.43. The zero-order valence-electron chi connectivity index (χ0n) is 14.7. The van der Waals surface area contributed by atoms with E-state index in [0.29, 0.717) is 34.1 Å². The smallest absolute Gasteiger partial charge is 0.232 e. The van der Waals surface area contributed by atoms with E-state index in [9.17, 15) is 5.11 Å². The highest BCUT2D eigenvalue weighted by atomic mass is 16.4. The molecule has 3 heterocycles. The van der Waals surface area contributed by atoms with Crippen LogP contribution in [0.25, 0.3) is 33.7 Å². The molecule has 0 aliphatic carbocycles. The molecule has 0 fully saturated rings. The second-order valence-corrected chi connectivity index (χ2v) is 6.23. The second-order valence-electron chi connectivity index (χ2n) is 6.23. The SMILES string of the molecule is Oc1cccc(Nc2ncnc3oc(-c4ccccc4)c(-c4ccco4)c23)c1.